The van der Waals surface area contributed by atoms with E-state index in [9.17, 15) is 0 Å². The molecule has 9 rings (SSSR count). The van der Waals surface area contributed by atoms with Gasteiger partial charge in [0.15, 0.2) is 5.84 Å². The molecule has 1 atom stereocenters. The lowest BCUT2D eigenvalue weighted by atomic mass is 10.0. The first-order valence-electron chi connectivity index (χ1n) is 17.1. The zero-order valence-electron chi connectivity index (χ0n) is 27.8. The summed E-state index contributed by atoms with van der Waals surface area (Å²) in [5, 5.41) is 3.59. The lowest BCUT2D eigenvalue weighted by molar-refractivity contribution is 0.674. The van der Waals surface area contributed by atoms with E-state index in [2.05, 4.69) is 162 Å². The van der Waals surface area contributed by atoms with Crippen LogP contribution in [-0.4, -0.2) is 21.2 Å². The standard InChI is InChI=1S/C46H33N5/c1-4-13-32(14-5-1)33-23-27-36(28-24-33)44-48-43(35-15-6-2-7-16-35)49-45(50-44)39-18-12-17-38(31-39)34-25-29-37(30-26-34)46-47-41-21-10-11-22-42(41)51(46)40-19-8-3-9-20-40/h1-31,43H,(H,48,49,50). The van der Waals surface area contributed by atoms with Crippen LogP contribution < -0.4 is 5.32 Å². The Labute approximate surface area is 297 Å². The van der Waals surface area contributed by atoms with E-state index in [1.807, 2.05) is 36.4 Å². The van der Waals surface area contributed by atoms with Gasteiger partial charge in [-0.2, -0.15) is 0 Å². The van der Waals surface area contributed by atoms with Crippen molar-refractivity contribution in [2.75, 3.05) is 0 Å². The van der Waals surface area contributed by atoms with Gasteiger partial charge in [-0.3, -0.25) is 4.57 Å². The van der Waals surface area contributed by atoms with Crippen molar-refractivity contribution in [1.29, 1.82) is 0 Å². The fourth-order valence-electron chi connectivity index (χ4n) is 6.69. The number of rotatable bonds is 7. The van der Waals surface area contributed by atoms with Gasteiger partial charge in [-0.25, -0.2) is 15.0 Å². The minimum atomic E-state index is -0.269. The second kappa shape index (κ2) is 13.2. The van der Waals surface area contributed by atoms with E-state index in [1.165, 1.54) is 11.1 Å². The Morgan fingerprint density at radius 1 is 0.451 bits per heavy atom. The zero-order chi connectivity index (χ0) is 34.0. The molecule has 1 unspecified atom stereocenters. The number of hydrogen-bond donors (Lipinski definition) is 1. The van der Waals surface area contributed by atoms with E-state index >= 15 is 0 Å². The molecule has 0 aliphatic carbocycles. The maximum Gasteiger partial charge on any atom is 0.159 e. The maximum atomic E-state index is 5.12. The smallest absolute Gasteiger partial charge is 0.159 e. The molecule has 0 spiro atoms. The fraction of sp³-hybridized carbons (Fsp3) is 0.0217. The molecule has 5 heteroatoms. The molecule has 51 heavy (non-hydrogen) atoms. The molecular formula is C46H33N5. The van der Waals surface area contributed by atoms with Gasteiger partial charge in [0.05, 0.1) is 11.0 Å². The fourth-order valence-corrected chi connectivity index (χ4v) is 6.69. The van der Waals surface area contributed by atoms with Crippen LogP contribution in [0.15, 0.2) is 198 Å². The number of hydrogen-bond acceptors (Lipinski definition) is 4. The second-order valence-electron chi connectivity index (χ2n) is 12.6. The zero-order valence-corrected chi connectivity index (χ0v) is 27.8. The van der Waals surface area contributed by atoms with Crippen molar-refractivity contribution >= 4 is 22.7 Å². The predicted octanol–water partition coefficient (Wildman–Crippen LogP) is 10.5. The molecule has 1 N–H and O–H groups in total. The second-order valence-corrected chi connectivity index (χ2v) is 12.6. The Bertz CT molecular complexity index is 2520. The van der Waals surface area contributed by atoms with E-state index < -0.39 is 0 Å². The molecule has 0 amide bonds. The molecular weight excluding hydrogens is 623 g/mol. The minimum absolute atomic E-state index is 0.269. The summed E-state index contributed by atoms with van der Waals surface area (Å²) in [5.41, 5.74) is 11.8. The molecule has 1 aromatic heterocycles. The number of benzene rings is 7. The summed E-state index contributed by atoms with van der Waals surface area (Å²) in [4.78, 5) is 15.3. The number of amidine groups is 2. The highest BCUT2D eigenvalue weighted by atomic mass is 15.2. The first-order valence-corrected chi connectivity index (χ1v) is 17.1. The third kappa shape index (κ3) is 6.02. The van der Waals surface area contributed by atoms with Crippen molar-refractivity contribution in [2.24, 2.45) is 9.98 Å². The Balaban J connectivity index is 1.06. The quantitative estimate of drug-likeness (QED) is 0.186. The van der Waals surface area contributed by atoms with Crippen LogP contribution in [0.3, 0.4) is 0 Å². The highest BCUT2D eigenvalue weighted by Crippen LogP contribution is 2.31. The normalized spacial score (nSPS) is 14.1. The molecule has 0 fully saturated rings. The summed E-state index contributed by atoms with van der Waals surface area (Å²) in [6.45, 7) is 0. The van der Waals surface area contributed by atoms with E-state index in [-0.39, 0.29) is 6.17 Å². The number of aliphatic imine (C=N–C) groups is 2. The summed E-state index contributed by atoms with van der Waals surface area (Å²) < 4.78 is 2.23. The van der Waals surface area contributed by atoms with Gasteiger partial charge in [0, 0.05) is 22.4 Å². The molecule has 242 valence electrons. The molecule has 8 aromatic rings. The van der Waals surface area contributed by atoms with Crippen molar-refractivity contribution in [3.05, 3.63) is 205 Å². The average Bonchev–Trinajstić information content (AvgIpc) is 3.62. The topological polar surface area (TPSA) is 54.6 Å². The molecule has 0 radical (unpaired) electrons. The monoisotopic (exact) mass is 655 g/mol. The van der Waals surface area contributed by atoms with Crippen LogP contribution in [0.4, 0.5) is 0 Å². The van der Waals surface area contributed by atoms with Crippen LogP contribution in [0.2, 0.25) is 0 Å². The molecule has 1 aliphatic heterocycles. The van der Waals surface area contributed by atoms with E-state index in [1.54, 1.807) is 0 Å². The molecule has 5 nitrogen and oxygen atoms in total. The van der Waals surface area contributed by atoms with Crippen LogP contribution in [0.1, 0.15) is 22.9 Å². The van der Waals surface area contributed by atoms with Crippen molar-refractivity contribution in [3.63, 3.8) is 0 Å². The Hall–Kier alpha value is -6.85. The number of aromatic nitrogens is 2. The molecule has 1 aliphatic rings. The van der Waals surface area contributed by atoms with Crippen LogP contribution >= 0.6 is 0 Å². The van der Waals surface area contributed by atoms with Crippen LogP contribution in [0, 0.1) is 0 Å². The van der Waals surface area contributed by atoms with Gasteiger partial charge < -0.3 is 5.32 Å². The third-order valence-electron chi connectivity index (χ3n) is 9.30. The van der Waals surface area contributed by atoms with Gasteiger partial charge in [-0.15, -0.1) is 0 Å². The summed E-state index contributed by atoms with van der Waals surface area (Å²) >= 11 is 0. The minimum Gasteiger partial charge on any atom is -0.344 e. The van der Waals surface area contributed by atoms with Crippen LogP contribution in [-0.2, 0) is 0 Å². The van der Waals surface area contributed by atoms with Crippen molar-refractivity contribution in [2.45, 2.75) is 6.17 Å². The largest absolute Gasteiger partial charge is 0.344 e. The molecule has 0 bridgehead atoms. The van der Waals surface area contributed by atoms with E-state index in [0.29, 0.717) is 5.84 Å². The van der Waals surface area contributed by atoms with Gasteiger partial charge in [-0.05, 0) is 58.1 Å². The summed E-state index contributed by atoms with van der Waals surface area (Å²) in [6, 6.07) is 65.2. The van der Waals surface area contributed by atoms with Crippen LogP contribution in [0.25, 0.3) is 50.4 Å². The molecule has 0 saturated carbocycles. The highest BCUT2D eigenvalue weighted by Gasteiger charge is 2.21. The molecule has 0 saturated heterocycles. The van der Waals surface area contributed by atoms with E-state index in [0.717, 1.165) is 61.8 Å². The van der Waals surface area contributed by atoms with Gasteiger partial charge in [0.2, 0.25) is 0 Å². The van der Waals surface area contributed by atoms with Gasteiger partial charge >= 0.3 is 0 Å². The maximum absolute atomic E-state index is 5.12. The first kappa shape index (κ1) is 30.2. The SMILES string of the molecule is c1ccc(-c2ccc(C3=NC(c4cccc(-c5ccc(-c6nc7ccccc7n6-c6ccccc6)cc5)c4)=NC(c4ccccc4)N3)cc2)cc1. The lowest BCUT2D eigenvalue weighted by Crippen LogP contribution is -2.33. The number of fused-ring (bicyclic) bond motifs is 1. The lowest BCUT2D eigenvalue weighted by Gasteiger charge is -2.24. The van der Waals surface area contributed by atoms with Crippen molar-refractivity contribution < 1.29 is 0 Å². The third-order valence-corrected chi connectivity index (χ3v) is 9.30. The van der Waals surface area contributed by atoms with Gasteiger partial charge in [0.1, 0.15) is 17.8 Å². The summed E-state index contributed by atoms with van der Waals surface area (Å²) in [7, 11) is 0. The Kier molecular flexibility index (Phi) is 7.84. The predicted molar refractivity (Wildman–Crippen MR) is 209 cm³/mol. The summed E-state index contributed by atoms with van der Waals surface area (Å²) in [6.07, 6.45) is -0.269. The van der Waals surface area contributed by atoms with E-state index in [4.69, 9.17) is 15.0 Å². The number of para-hydroxylation sites is 3. The summed E-state index contributed by atoms with van der Waals surface area (Å²) in [5.74, 6) is 2.40. The Morgan fingerprint density at radius 3 is 1.75 bits per heavy atom. The molecule has 7 aromatic carbocycles. The Morgan fingerprint density at radius 2 is 1.00 bits per heavy atom. The average molecular weight is 656 g/mol. The van der Waals surface area contributed by atoms with Gasteiger partial charge in [-0.1, -0.05) is 158 Å². The number of nitrogens with one attached hydrogen (secondary N) is 1. The molecule has 2 heterocycles. The van der Waals surface area contributed by atoms with Crippen LogP contribution in [0.5, 0.6) is 0 Å². The first-order chi connectivity index (χ1) is 25.3. The number of nitrogens with zero attached hydrogens (tertiary/aromatic N) is 4. The van der Waals surface area contributed by atoms with Gasteiger partial charge in [0.25, 0.3) is 0 Å². The van der Waals surface area contributed by atoms with Crippen molar-refractivity contribution in [1.82, 2.24) is 14.9 Å². The number of imidazole rings is 1. The highest BCUT2D eigenvalue weighted by molar-refractivity contribution is 6.13. The van der Waals surface area contributed by atoms with Crippen molar-refractivity contribution in [3.8, 4) is 39.3 Å².